The highest BCUT2D eigenvalue weighted by atomic mass is 16.5. The van der Waals surface area contributed by atoms with Gasteiger partial charge in [0.05, 0.1) is 12.2 Å². The number of fused-ring (bicyclic) bond motifs is 2. The van der Waals surface area contributed by atoms with Gasteiger partial charge in [-0.3, -0.25) is 5.43 Å². The summed E-state index contributed by atoms with van der Waals surface area (Å²) in [7, 11) is 1.95. The Morgan fingerprint density at radius 1 is 1.40 bits per heavy atom. The van der Waals surface area contributed by atoms with E-state index >= 15 is 0 Å². The van der Waals surface area contributed by atoms with E-state index in [1.165, 1.54) is 0 Å². The lowest BCUT2D eigenvalue weighted by Crippen LogP contribution is -2.51. The number of hydrogen-bond acceptors (Lipinski definition) is 7. The molecule has 2 aliphatic rings. The quantitative estimate of drug-likeness (QED) is 0.780. The molecule has 2 fully saturated rings. The van der Waals surface area contributed by atoms with Gasteiger partial charge in [-0.15, -0.1) is 0 Å². The summed E-state index contributed by atoms with van der Waals surface area (Å²) >= 11 is 0. The molecule has 2 aliphatic heterocycles. The zero-order valence-electron chi connectivity index (χ0n) is 11.7. The minimum atomic E-state index is -0.372. The van der Waals surface area contributed by atoms with Crippen LogP contribution in [0.25, 0.3) is 0 Å². The Kier molecular flexibility index (Phi) is 3.54. The van der Waals surface area contributed by atoms with Crippen LogP contribution in [0.4, 0.5) is 5.95 Å². The number of hydrogen-bond donors (Lipinski definition) is 1. The van der Waals surface area contributed by atoms with Crippen molar-refractivity contribution >= 4 is 11.9 Å². The molecule has 0 aliphatic carbocycles. The normalized spacial score (nSPS) is 25.2. The fourth-order valence-corrected chi connectivity index (χ4v) is 2.98. The van der Waals surface area contributed by atoms with Crippen molar-refractivity contribution in [1.82, 2.24) is 20.4 Å². The van der Waals surface area contributed by atoms with Gasteiger partial charge in [0.15, 0.2) is 0 Å². The highest BCUT2D eigenvalue weighted by Crippen LogP contribution is 2.31. The summed E-state index contributed by atoms with van der Waals surface area (Å²) in [6.45, 7) is 4.03. The molecule has 0 aromatic carbocycles. The first kappa shape index (κ1) is 13.3. The molecule has 20 heavy (non-hydrogen) atoms. The topological polar surface area (TPSA) is 70.6 Å². The number of hydrazine groups is 1. The lowest BCUT2D eigenvalue weighted by Gasteiger charge is -2.33. The minimum absolute atomic E-state index is 0.357. The lowest BCUT2D eigenvalue weighted by atomic mass is 10.2. The monoisotopic (exact) mass is 277 g/mol. The van der Waals surface area contributed by atoms with E-state index in [1.807, 2.05) is 7.05 Å². The minimum Gasteiger partial charge on any atom is -0.462 e. The molecule has 1 N–H and O–H groups in total. The Labute approximate surface area is 117 Å². The third-order valence-corrected chi connectivity index (χ3v) is 3.93. The molecule has 0 amide bonds. The SMILES string of the molecule is CCOC(=O)c1cnc(N2C[C@@H]3C[C@H]2CN3NC)nc1. The average Bonchev–Trinajstić information content (AvgIpc) is 3.07. The summed E-state index contributed by atoms with van der Waals surface area (Å²) in [5.74, 6) is 0.324. The lowest BCUT2D eigenvalue weighted by molar-refractivity contribution is 0.0525. The van der Waals surface area contributed by atoms with Gasteiger partial charge in [-0.2, -0.15) is 0 Å². The number of esters is 1. The van der Waals surface area contributed by atoms with Gasteiger partial charge < -0.3 is 9.64 Å². The van der Waals surface area contributed by atoms with Crippen molar-refractivity contribution in [2.45, 2.75) is 25.4 Å². The van der Waals surface area contributed by atoms with Crippen molar-refractivity contribution in [3.05, 3.63) is 18.0 Å². The van der Waals surface area contributed by atoms with E-state index < -0.39 is 0 Å². The smallest absolute Gasteiger partial charge is 0.341 e. The van der Waals surface area contributed by atoms with E-state index in [0.29, 0.717) is 30.2 Å². The van der Waals surface area contributed by atoms with Crippen LogP contribution >= 0.6 is 0 Å². The Hall–Kier alpha value is -1.73. The zero-order chi connectivity index (χ0) is 14.1. The van der Waals surface area contributed by atoms with Crippen molar-refractivity contribution in [2.75, 3.05) is 31.6 Å². The number of aromatic nitrogens is 2. The maximum Gasteiger partial charge on any atom is 0.341 e. The van der Waals surface area contributed by atoms with E-state index in [1.54, 1.807) is 19.3 Å². The largest absolute Gasteiger partial charge is 0.462 e. The second kappa shape index (κ2) is 5.34. The number of ether oxygens (including phenoxy) is 1. The van der Waals surface area contributed by atoms with Crippen molar-refractivity contribution in [2.24, 2.45) is 0 Å². The molecule has 3 heterocycles. The molecule has 2 atom stereocenters. The Morgan fingerprint density at radius 3 is 2.70 bits per heavy atom. The Morgan fingerprint density at radius 2 is 2.15 bits per heavy atom. The number of nitrogens with one attached hydrogen (secondary N) is 1. The van der Waals surface area contributed by atoms with Crippen LogP contribution in [0.5, 0.6) is 0 Å². The number of anilines is 1. The average molecular weight is 277 g/mol. The number of nitrogens with zero attached hydrogens (tertiary/aromatic N) is 4. The maximum atomic E-state index is 11.6. The predicted molar refractivity (Wildman–Crippen MR) is 73.3 cm³/mol. The van der Waals surface area contributed by atoms with Gasteiger partial charge in [0.2, 0.25) is 5.95 Å². The van der Waals surface area contributed by atoms with E-state index in [2.05, 4.69) is 25.3 Å². The third-order valence-electron chi connectivity index (χ3n) is 3.93. The van der Waals surface area contributed by atoms with Crippen LogP contribution in [0.3, 0.4) is 0 Å². The van der Waals surface area contributed by atoms with Crippen LogP contribution in [-0.2, 0) is 4.74 Å². The molecule has 0 radical (unpaired) electrons. The van der Waals surface area contributed by atoms with Gasteiger partial charge in [-0.25, -0.2) is 19.8 Å². The number of carbonyl (C=O) groups is 1. The van der Waals surface area contributed by atoms with E-state index in [-0.39, 0.29) is 5.97 Å². The van der Waals surface area contributed by atoms with Crippen LogP contribution in [0, 0.1) is 0 Å². The molecular formula is C13H19N5O2. The van der Waals surface area contributed by atoms with Crippen LogP contribution in [0.15, 0.2) is 12.4 Å². The number of piperazine rings is 1. The summed E-state index contributed by atoms with van der Waals surface area (Å²) in [4.78, 5) is 22.4. The molecule has 2 saturated heterocycles. The Bertz CT molecular complexity index is 492. The second-order valence-corrected chi connectivity index (χ2v) is 5.06. The number of carbonyl (C=O) groups excluding carboxylic acids is 1. The highest BCUT2D eigenvalue weighted by Gasteiger charge is 2.43. The molecular weight excluding hydrogens is 258 g/mol. The standard InChI is InChI=1S/C13H19N5O2/c1-3-20-12(19)9-5-15-13(16-6-9)17-7-11-4-10(17)8-18(11)14-2/h5-6,10-11,14H,3-4,7-8H2,1-2H3/t10-,11-/m0/s1. The first-order valence-electron chi connectivity index (χ1n) is 6.92. The van der Waals surface area contributed by atoms with E-state index in [9.17, 15) is 4.79 Å². The molecule has 108 valence electrons. The summed E-state index contributed by atoms with van der Waals surface area (Å²) in [6.07, 6.45) is 4.22. The van der Waals surface area contributed by atoms with Gasteiger partial charge in [-0.05, 0) is 20.4 Å². The first-order valence-corrected chi connectivity index (χ1v) is 6.92. The highest BCUT2D eigenvalue weighted by molar-refractivity contribution is 5.88. The molecule has 2 bridgehead atoms. The van der Waals surface area contributed by atoms with Gasteiger partial charge in [0.25, 0.3) is 0 Å². The van der Waals surface area contributed by atoms with Crippen molar-refractivity contribution in [3.8, 4) is 0 Å². The molecule has 7 nitrogen and oxygen atoms in total. The summed E-state index contributed by atoms with van der Waals surface area (Å²) in [5.41, 5.74) is 3.61. The molecule has 7 heteroatoms. The molecule has 1 aromatic rings. The van der Waals surface area contributed by atoms with Crippen LogP contribution < -0.4 is 10.3 Å². The molecule has 1 aromatic heterocycles. The van der Waals surface area contributed by atoms with E-state index in [4.69, 9.17) is 4.74 Å². The summed E-state index contributed by atoms with van der Waals surface area (Å²) < 4.78 is 4.92. The van der Waals surface area contributed by atoms with Crippen molar-refractivity contribution in [3.63, 3.8) is 0 Å². The molecule has 0 spiro atoms. The van der Waals surface area contributed by atoms with Crippen molar-refractivity contribution in [1.29, 1.82) is 0 Å². The first-order chi connectivity index (χ1) is 9.72. The number of rotatable bonds is 4. The maximum absolute atomic E-state index is 11.6. The fourth-order valence-electron chi connectivity index (χ4n) is 2.98. The van der Waals surface area contributed by atoms with Gasteiger partial charge in [-0.1, -0.05) is 0 Å². The zero-order valence-corrected chi connectivity index (χ0v) is 11.7. The van der Waals surface area contributed by atoms with Crippen LogP contribution in [-0.4, -0.2) is 59.8 Å². The third kappa shape index (κ3) is 2.23. The van der Waals surface area contributed by atoms with Gasteiger partial charge in [0.1, 0.15) is 0 Å². The second-order valence-electron chi connectivity index (χ2n) is 5.06. The van der Waals surface area contributed by atoms with Crippen molar-refractivity contribution < 1.29 is 9.53 Å². The van der Waals surface area contributed by atoms with Gasteiger partial charge in [0, 0.05) is 37.6 Å². The fraction of sp³-hybridized carbons (Fsp3) is 0.615. The van der Waals surface area contributed by atoms with Crippen LogP contribution in [0.2, 0.25) is 0 Å². The van der Waals surface area contributed by atoms with E-state index in [0.717, 1.165) is 19.5 Å². The molecule has 0 unspecified atom stereocenters. The molecule has 0 saturated carbocycles. The summed E-state index contributed by atoms with van der Waals surface area (Å²) in [6, 6.07) is 0.958. The predicted octanol–water partition coefficient (Wildman–Crippen LogP) is 0.0506. The molecule has 3 rings (SSSR count). The Balaban J connectivity index is 1.69. The van der Waals surface area contributed by atoms with Gasteiger partial charge >= 0.3 is 5.97 Å². The summed E-state index contributed by atoms with van der Waals surface area (Å²) in [5, 5.41) is 2.26. The van der Waals surface area contributed by atoms with Crippen LogP contribution in [0.1, 0.15) is 23.7 Å².